The number of methoxy groups -OCH3 is 1. The van der Waals surface area contributed by atoms with Crippen LogP contribution in [0.25, 0.3) is 0 Å². The van der Waals surface area contributed by atoms with Crippen molar-refractivity contribution in [2.45, 2.75) is 4.90 Å². The quantitative estimate of drug-likeness (QED) is 0.908. The number of phenolic OH excluding ortho intramolecular Hbond substituents is 1. The second kappa shape index (κ2) is 5.38. The molecule has 0 aliphatic carbocycles. The molecular formula is C13H12FNO4S. The van der Waals surface area contributed by atoms with Crippen molar-refractivity contribution in [1.29, 1.82) is 0 Å². The minimum atomic E-state index is -3.84. The van der Waals surface area contributed by atoms with Crippen molar-refractivity contribution in [3.63, 3.8) is 0 Å². The van der Waals surface area contributed by atoms with Crippen LogP contribution in [0.3, 0.4) is 0 Å². The van der Waals surface area contributed by atoms with Gasteiger partial charge in [-0.2, -0.15) is 0 Å². The molecule has 0 unspecified atom stereocenters. The molecule has 0 bridgehead atoms. The van der Waals surface area contributed by atoms with Gasteiger partial charge in [0.25, 0.3) is 10.0 Å². The second-order valence-corrected chi connectivity index (χ2v) is 5.63. The van der Waals surface area contributed by atoms with E-state index in [1.54, 1.807) is 0 Å². The Labute approximate surface area is 115 Å². The molecule has 0 saturated carbocycles. The van der Waals surface area contributed by atoms with Crippen molar-refractivity contribution >= 4 is 15.7 Å². The zero-order valence-electron chi connectivity index (χ0n) is 10.5. The molecule has 5 nitrogen and oxygen atoms in total. The molecule has 0 amide bonds. The summed E-state index contributed by atoms with van der Waals surface area (Å²) in [6.45, 7) is 0. The van der Waals surface area contributed by atoms with E-state index in [-0.39, 0.29) is 22.1 Å². The largest absolute Gasteiger partial charge is 0.508 e. The molecule has 2 aromatic rings. The number of hydrogen-bond donors (Lipinski definition) is 2. The van der Waals surface area contributed by atoms with Crippen molar-refractivity contribution < 1.29 is 22.7 Å². The van der Waals surface area contributed by atoms with Gasteiger partial charge in [-0.15, -0.1) is 0 Å². The van der Waals surface area contributed by atoms with Crippen LogP contribution < -0.4 is 9.46 Å². The number of benzene rings is 2. The highest BCUT2D eigenvalue weighted by molar-refractivity contribution is 7.92. The molecule has 0 heterocycles. The highest BCUT2D eigenvalue weighted by atomic mass is 32.2. The smallest absolute Gasteiger partial charge is 0.262 e. The summed E-state index contributed by atoms with van der Waals surface area (Å²) < 4.78 is 44.5. The van der Waals surface area contributed by atoms with Crippen LogP contribution in [0.5, 0.6) is 11.5 Å². The maximum absolute atomic E-state index is 13.0. The molecule has 0 fully saturated rings. The molecule has 0 radical (unpaired) electrons. The minimum absolute atomic E-state index is 0.0262. The average molecular weight is 297 g/mol. The summed E-state index contributed by atoms with van der Waals surface area (Å²) in [7, 11) is -2.53. The Kier molecular flexibility index (Phi) is 3.80. The van der Waals surface area contributed by atoms with Gasteiger partial charge in [-0.05, 0) is 36.4 Å². The third-order valence-corrected chi connectivity index (χ3v) is 3.94. The number of phenols is 1. The standard InChI is InChI=1S/C13H12FNO4S/c1-19-13-8-9(14)2-7-12(13)15-20(17,18)11-5-3-10(16)4-6-11/h2-8,15-16H,1H3. The number of nitrogens with one attached hydrogen (secondary N) is 1. The van der Waals surface area contributed by atoms with Gasteiger partial charge in [-0.1, -0.05) is 0 Å². The van der Waals surface area contributed by atoms with Crippen molar-refractivity contribution in [3.05, 3.63) is 48.3 Å². The number of hydrogen-bond acceptors (Lipinski definition) is 4. The minimum Gasteiger partial charge on any atom is -0.508 e. The van der Waals surface area contributed by atoms with E-state index >= 15 is 0 Å². The highest BCUT2D eigenvalue weighted by Gasteiger charge is 2.16. The summed E-state index contributed by atoms with van der Waals surface area (Å²) in [5.41, 5.74) is 0.127. The van der Waals surface area contributed by atoms with Crippen LogP contribution in [-0.4, -0.2) is 20.6 Å². The van der Waals surface area contributed by atoms with E-state index in [0.29, 0.717) is 0 Å². The molecular weight excluding hydrogens is 285 g/mol. The molecule has 0 spiro atoms. The van der Waals surface area contributed by atoms with E-state index in [2.05, 4.69) is 4.72 Å². The SMILES string of the molecule is COc1cc(F)ccc1NS(=O)(=O)c1ccc(O)cc1. The summed E-state index contributed by atoms with van der Waals surface area (Å²) in [4.78, 5) is -0.0262. The summed E-state index contributed by atoms with van der Waals surface area (Å²) in [5.74, 6) is -0.495. The fourth-order valence-electron chi connectivity index (χ4n) is 1.58. The Morgan fingerprint density at radius 1 is 1.15 bits per heavy atom. The van der Waals surface area contributed by atoms with Gasteiger partial charge in [-0.3, -0.25) is 4.72 Å². The predicted octanol–water partition coefficient (Wildman–Crippen LogP) is 2.34. The number of rotatable bonds is 4. The topological polar surface area (TPSA) is 75.6 Å². The van der Waals surface area contributed by atoms with Crippen molar-refractivity contribution in [2.24, 2.45) is 0 Å². The van der Waals surface area contributed by atoms with Gasteiger partial charge in [0.05, 0.1) is 17.7 Å². The molecule has 20 heavy (non-hydrogen) atoms. The van der Waals surface area contributed by atoms with Gasteiger partial charge in [0.15, 0.2) is 0 Å². The first-order valence-corrected chi connectivity index (χ1v) is 7.06. The third kappa shape index (κ3) is 3.00. The van der Waals surface area contributed by atoms with Gasteiger partial charge < -0.3 is 9.84 Å². The van der Waals surface area contributed by atoms with Crippen LogP contribution in [0.4, 0.5) is 10.1 Å². The van der Waals surface area contributed by atoms with Gasteiger partial charge in [0, 0.05) is 6.07 Å². The van der Waals surface area contributed by atoms with Crippen LogP contribution in [0, 0.1) is 5.82 Å². The number of ether oxygens (including phenoxy) is 1. The lowest BCUT2D eigenvalue weighted by atomic mass is 10.3. The maximum atomic E-state index is 13.0. The zero-order chi connectivity index (χ0) is 14.8. The molecule has 7 heteroatoms. The molecule has 0 atom stereocenters. The first-order valence-electron chi connectivity index (χ1n) is 5.58. The van der Waals surface area contributed by atoms with E-state index in [0.717, 1.165) is 12.1 Å². The Hall–Kier alpha value is -2.28. The van der Waals surface area contributed by atoms with E-state index in [1.165, 1.54) is 37.4 Å². The predicted molar refractivity (Wildman–Crippen MR) is 71.9 cm³/mol. The lowest BCUT2D eigenvalue weighted by Gasteiger charge is -2.11. The van der Waals surface area contributed by atoms with Crippen molar-refractivity contribution in [2.75, 3.05) is 11.8 Å². The normalized spacial score (nSPS) is 11.1. The number of sulfonamides is 1. The summed E-state index contributed by atoms with van der Waals surface area (Å²) in [6.07, 6.45) is 0. The van der Waals surface area contributed by atoms with E-state index < -0.39 is 15.8 Å². The number of anilines is 1. The Morgan fingerprint density at radius 3 is 2.40 bits per heavy atom. The van der Waals surface area contributed by atoms with E-state index in [1.807, 2.05) is 0 Å². The van der Waals surface area contributed by atoms with Crippen LogP contribution in [0.1, 0.15) is 0 Å². The summed E-state index contributed by atoms with van der Waals surface area (Å²) in [6, 6.07) is 8.51. The number of halogens is 1. The molecule has 0 aliphatic heterocycles. The molecule has 0 aliphatic rings. The molecule has 106 valence electrons. The maximum Gasteiger partial charge on any atom is 0.262 e. The van der Waals surface area contributed by atoms with E-state index in [4.69, 9.17) is 9.84 Å². The molecule has 2 N–H and O–H groups in total. The van der Waals surface area contributed by atoms with E-state index in [9.17, 15) is 12.8 Å². The van der Waals surface area contributed by atoms with Gasteiger partial charge >= 0.3 is 0 Å². The lowest BCUT2D eigenvalue weighted by molar-refractivity contribution is 0.413. The molecule has 0 aromatic heterocycles. The zero-order valence-corrected chi connectivity index (χ0v) is 11.3. The number of aromatic hydroxyl groups is 1. The average Bonchev–Trinajstić information content (AvgIpc) is 2.41. The second-order valence-electron chi connectivity index (χ2n) is 3.94. The molecule has 2 aromatic carbocycles. The third-order valence-electron chi connectivity index (χ3n) is 2.55. The first kappa shape index (κ1) is 14.1. The Bertz CT molecular complexity index is 714. The Morgan fingerprint density at radius 2 is 1.80 bits per heavy atom. The molecule has 0 saturated heterocycles. The Balaban J connectivity index is 2.35. The lowest BCUT2D eigenvalue weighted by Crippen LogP contribution is -2.13. The van der Waals surface area contributed by atoms with Crippen LogP contribution in [-0.2, 0) is 10.0 Å². The van der Waals surface area contributed by atoms with Gasteiger partial charge in [0.2, 0.25) is 0 Å². The van der Waals surface area contributed by atoms with Crippen molar-refractivity contribution in [3.8, 4) is 11.5 Å². The van der Waals surface area contributed by atoms with Gasteiger partial charge in [0.1, 0.15) is 17.3 Å². The first-order chi connectivity index (χ1) is 9.42. The van der Waals surface area contributed by atoms with Crippen LogP contribution >= 0.6 is 0 Å². The summed E-state index contributed by atoms with van der Waals surface area (Å²) in [5, 5.41) is 9.15. The monoisotopic (exact) mass is 297 g/mol. The fourth-order valence-corrected chi connectivity index (χ4v) is 2.65. The van der Waals surface area contributed by atoms with Gasteiger partial charge in [-0.25, -0.2) is 12.8 Å². The fraction of sp³-hybridized carbons (Fsp3) is 0.0769. The van der Waals surface area contributed by atoms with Crippen LogP contribution in [0.15, 0.2) is 47.4 Å². The highest BCUT2D eigenvalue weighted by Crippen LogP contribution is 2.27. The summed E-state index contributed by atoms with van der Waals surface area (Å²) >= 11 is 0. The van der Waals surface area contributed by atoms with Crippen LogP contribution in [0.2, 0.25) is 0 Å². The van der Waals surface area contributed by atoms with Crippen molar-refractivity contribution in [1.82, 2.24) is 0 Å². The molecule has 2 rings (SSSR count).